The van der Waals surface area contributed by atoms with E-state index in [0.29, 0.717) is 0 Å². The predicted octanol–water partition coefficient (Wildman–Crippen LogP) is 1.68. The molecule has 0 radical (unpaired) electrons. The zero-order valence-electron chi connectivity index (χ0n) is 15.8. The minimum absolute atomic E-state index is 0.194. The van der Waals surface area contributed by atoms with E-state index in [1.807, 2.05) is 0 Å². The molecule has 1 aromatic carbocycles. The maximum absolute atomic E-state index is 13.2. The van der Waals surface area contributed by atoms with E-state index < -0.39 is 41.4 Å². The van der Waals surface area contributed by atoms with Crippen LogP contribution in [0.1, 0.15) is 30.6 Å². The maximum atomic E-state index is 13.2. The molecule has 1 aliphatic rings. The average Bonchev–Trinajstić information content (AvgIpc) is 3.00. The summed E-state index contributed by atoms with van der Waals surface area (Å²) in [6.45, 7) is 3.23. The fourth-order valence-corrected chi connectivity index (χ4v) is 2.91. The molecule has 8 nitrogen and oxygen atoms in total. The molecule has 2 aromatic rings. The van der Waals surface area contributed by atoms with Gasteiger partial charge in [0, 0.05) is 18.3 Å². The summed E-state index contributed by atoms with van der Waals surface area (Å²) in [4.78, 5) is 55.4. The van der Waals surface area contributed by atoms with Gasteiger partial charge in [0.15, 0.2) is 0 Å². The van der Waals surface area contributed by atoms with Gasteiger partial charge in [-0.15, -0.1) is 0 Å². The summed E-state index contributed by atoms with van der Waals surface area (Å²) < 4.78 is 13.2. The van der Waals surface area contributed by atoms with Gasteiger partial charge >= 0.3 is 0 Å². The van der Waals surface area contributed by atoms with Crippen LogP contribution in [0.3, 0.4) is 0 Å². The van der Waals surface area contributed by atoms with E-state index >= 15 is 0 Å². The third-order valence-corrected chi connectivity index (χ3v) is 4.40. The van der Waals surface area contributed by atoms with Crippen molar-refractivity contribution in [3.8, 4) is 0 Å². The molecule has 1 fully saturated rings. The zero-order valence-corrected chi connectivity index (χ0v) is 15.8. The lowest BCUT2D eigenvalue weighted by atomic mass is 10.1. The molecular weight excluding hydrogens is 379 g/mol. The lowest BCUT2D eigenvalue weighted by Crippen LogP contribution is -2.55. The summed E-state index contributed by atoms with van der Waals surface area (Å²) >= 11 is 0. The molecule has 0 unspecified atom stereocenters. The molecule has 0 spiro atoms. The molecule has 0 saturated carbocycles. The summed E-state index contributed by atoms with van der Waals surface area (Å²) in [5, 5.41) is 0.907. The van der Waals surface area contributed by atoms with Crippen molar-refractivity contribution in [1.82, 2.24) is 15.4 Å². The van der Waals surface area contributed by atoms with Crippen LogP contribution in [0, 0.1) is 11.7 Å². The number of rotatable bonds is 4. The van der Waals surface area contributed by atoms with Crippen molar-refractivity contribution in [1.29, 1.82) is 0 Å². The number of aromatic nitrogens is 1. The smallest absolute Gasteiger partial charge is 0.271 e. The number of carbonyl (C=O) groups is 4. The summed E-state index contributed by atoms with van der Waals surface area (Å²) in [5.74, 6) is -3.43. The average molecular weight is 398 g/mol. The second-order valence-corrected chi connectivity index (χ2v) is 6.81. The number of nitrogens with one attached hydrogen (secondary N) is 1. The number of anilines is 1. The largest absolute Gasteiger partial charge is 0.274 e. The number of amides is 4. The van der Waals surface area contributed by atoms with Gasteiger partial charge in [0.05, 0.1) is 17.7 Å². The molecule has 150 valence electrons. The van der Waals surface area contributed by atoms with Crippen LogP contribution in [0.2, 0.25) is 0 Å². The SMILES string of the molecule is CC(C)C(=O)N(NC(=O)c1cccnc1)[C@@H]1CC(=O)N(c2ccc(F)cc2)C1=O. The van der Waals surface area contributed by atoms with Gasteiger partial charge in [-0.1, -0.05) is 13.8 Å². The van der Waals surface area contributed by atoms with Crippen molar-refractivity contribution in [2.75, 3.05) is 4.90 Å². The predicted molar refractivity (Wildman–Crippen MR) is 101 cm³/mol. The summed E-state index contributed by atoms with van der Waals surface area (Å²) in [6.07, 6.45) is 2.51. The van der Waals surface area contributed by atoms with Crippen LogP contribution in [0.4, 0.5) is 10.1 Å². The van der Waals surface area contributed by atoms with Crippen LogP contribution in [0.25, 0.3) is 0 Å². The Labute approximate surface area is 166 Å². The standard InChI is InChI=1S/C20H19FN4O4/c1-12(2)19(28)25(23-18(27)13-4-3-9-22-11-13)16-10-17(26)24(20(16)29)15-7-5-14(21)6-8-15/h3-9,11-12,16H,10H2,1-2H3,(H,23,27)/t16-/m1/s1. The van der Waals surface area contributed by atoms with Crippen LogP contribution in [-0.4, -0.2) is 39.7 Å². The fraction of sp³-hybridized carbons (Fsp3) is 0.250. The Morgan fingerprint density at radius 3 is 2.48 bits per heavy atom. The number of hydrogen-bond acceptors (Lipinski definition) is 5. The van der Waals surface area contributed by atoms with Gasteiger partial charge in [-0.25, -0.2) is 14.3 Å². The molecule has 1 aromatic heterocycles. The Morgan fingerprint density at radius 1 is 1.21 bits per heavy atom. The van der Waals surface area contributed by atoms with E-state index in [1.54, 1.807) is 19.9 Å². The Bertz CT molecular complexity index is 947. The molecule has 29 heavy (non-hydrogen) atoms. The number of benzene rings is 1. The highest BCUT2D eigenvalue weighted by atomic mass is 19.1. The fourth-order valence-electron chi connectivity index (χ4n) is 2.91. The highest BCUT2D eigenvalue weighted by Gasteiger charge is 2.45. The van der Waals surface area contributed by atoms with E-state index in [1.165, 1.54) is 30.6 Å². The normalized spacial score (nSPS) is 16.3. The number of carbonyl (C=O) groups excluding carboxylic acids is 4. The van der Waals surface area contributed by atoms with Gasteiger partial charge in [0.2, 0.25) is 11.8 Å². The molecule has 1 atom stereocenters. The van der Waals surface area contributed by atoms with E-state index in [9.17, 15) is 23.6 Å². The number of halogens is 1. The highest BCUT2D eigenvalue weighted by Crippen LogP contribution is 2.26. The molecule has 9 heteroatoms. The van der Waals surface area contributed by atoms with Gasteiger partial charge in [0.25, 0.3) is 11.8 Å². The number of hydrogen-bond donors (Lipinski definition) is 1. The van der Waals surface area contributed by atoms with Crippen LogP contribution >= 0.6 is 0 Å². The van der Waals surface area contributed by atoms with Gasteiger partial charge < -0.3 is 0 Å². The van der Waals surface area contributed by atoms with Crippen LogP contribution in [0.15, 0.2) is 48.8 Å². The van der Waals surface area contributed by atoms with Crippen molar-refractivity contribution < 1.29 is 23.6 Å². The molecule has 0 aliphatic carbocycles. The minimum Gasteiger partial charge on any atom is -0.274 e. The topological polar surface area (TPSA) is 99.7 Å². The van der Waals surface area contributed by atoms with Crippen molar-refractivity contribution in [2.24, 2.45) is 5.92 Å². The first-order valence-electron chi connectivity index (χ1n) is 8.96. The maximum Gasteiger partial charge on any atom is 0.271 e. The quantitative estimate of drug-likeness (QED) is 0.624. The lowest BCUT2D eigenvalue weighted by molar-refractivity contribution is -0.143. The molecule has 4 amide bonds. The van der Waals surface area contributed by atoms with Gasteiger partial charge in [-0.3, -0.25) is 29.6 Å². The van der Waals surface area contributed by atoms with Gasteiger partial charge in [0.1, 0.15) is 11.9 Å². The Hall–Kier alpha value is -3.62. The highest BCUT2D eigenvalue weighted by molar-refractivity contribution is 6.23. The number of pyridine rings is 1. The molecule has 2 heterocycles. The Kier molecular flexibility index (Phi) is 5.67. The van der Waals surface area contributed by atoms with Gasteiger partial charge in [-0.2, -0.15) is 0 Å². The Morgan fingerprint density at radius 2 is 1.90 bits per heavy atom. The van der Waals surface area contributed by atoms with Crippen LogP contribution < -0.4 is 10.3 Å². The monoisotopic (exact) mass is 398 g/mol. The molecular formula is C20H19FN4O4. The first-order chi connectivity index (χ1) is 13.8. The van der Waals surface area contributed by atoms with Gasteiger partial charge in [-0.05, 0) is 36.4 Å². The first kappa shape index (κ1) is 20.1. The van der Waals surface area contributed by atoms with Crippen LogP contribution in [-0.2, 0) is 14.4 Å². The third-order valence-electron chi connectivity index (χ3n) is 4.40. The lowest BCUT2D eigenvalue weighted by Gasteiger charge is -2.29. The van der Waals surface area contributed by atoms with Crippen molar-refractivity contribution >= 4 is 29.3 Å². The zero-order chi connectivity index (χ0) is 21.1. The second kappa shape index (κ2) is 8.17. The van der Waals surface area contributed by atoms with Crippen molar-refractivity contribution in [3.05, 3.63) is 60.2 Å². The second-order valence-electron chi connectivity index (χ2n) is 6.81. The minimum atomic E-state index is -1.21. The van der Waals surface area contributed by atoms with E-state index in [4.69, 9.17) is 0 Å². The van der Waals surface area contributed by atoms with Crippen LogP contribution in [0.5, 0.6) is 0 Å². The molecule has 0 bridgehead atoms. The molecule has 1 aliphatic heterocycles. The number of imide groups is 1. The van der Waals surface area contributed by atoms with Crippen molar-refractivity contribution in [2.45, 2.75) is 26.3 Å². The molecule has 1 N–H and O–H groups in total. The summed E-state index contributed by atoms with van der Waals surface area (Å²) in [5.41, 5.74) is 2.82. The number of nitrogens with zero attached hydrogens (tertiary/aromatic N) is 3. The van der Waals surface area contributed by atoms with E-state index in [-0.39, 0.29) is 17.7 Å². The third kappa shape index (κ3) is 4.13. The van der Waals surface area contributed by atoms with E-state index in [0.717, 1.165) is 22.0 Å². The van der Waals surface area contributed by atoms with Crippen molar-refractivity contribution in [3.63, 3.8) is 0 Å². The molecule has 3 rings (SSSR count). The molecule has 1 saturated heterocycles. The first-order valence-corrected chi connectivity index (χ1v) is 8.96. The Balaban J connectivity index is 1.88. The summed E-state index contributed by atoms with van der Waals surface area (Å²) in [6, 6.07) is 6.72. The summed E-state index contributed by atoms with van der Waals surface area (Å²) in [7, 11) is 0. The number of hydrazine groups is 1. The van der Waals surface area contributed by atoms with E-state index in [2.05, 4.69) is 10.4 Å².